The molecular formula is C15H19N7O2S. The molecule has 0 spiro atoms. The summed E-state index contributed by atoms with van der Waals surface area (Å²) in [5.41, 5.74) is 6.23. The third kappa shape index (κ3) is 3.69. The van der Waals surface area contributed by atoms with Crippen molar-refractivity contribution >= 4 is 28.2 Å². The number of hydrazine groups is 1. The minimum Gasteiger partial charge on any atom is -0.362 e. The molecule has 0 bridgehead atoms. The van der Waals surface area contributed by atoms with Crippen molar-refractivity contribution in [1.82, 2.24) is 24.4 Å². The van der Waals surface area contributed by atoms with Gasteiger partial charge in [-0.1, -0.05) is 12.1 Å². The summed E-state index contributed by atoms with van der Waals surface area (Å²) in [5.74, 6) is 1.47. The lowest BCUT2D eigenvalue weighted by Crippen LogP contribution is -2.19. The van der Waals surface area contributed by atoms with E-state index in [0.29, 0.717) is 17.9 Å². The van der Waals surface area contributed by atoms with Crippen molar-refractivity contribution in [3.8, 4) is 0 Å². The zero-order valence-corrected chi connectivity index (χ0v) is 15.0. The predicted molar refractivity (Wildman–Crippen MR) is 96.2 cm³/mol. The van der Waals surface area contributed by atoms with Gasteiger partial charge in [0.15, 0.2) is 0 Å². The van der Waals surface area contributed by atoms with Gasteiger partial charge in [-0.2, -0.15) is 14.6 Å². The monoisotopic (exact) mass is 361 g/mol. The molecule has 3 rings (SSSR count). The second-order valence-electron chi connectivity index (χ2n) is 5.74. The number of anilines is 2. The normalized spacial score (nSPS) is 11.2. The number of rotatable bonds is 6. The molecule has 1 aromatic carbocycles. The van der Waals surface area contributed by atoms with Gasteiger partial charge in [-0.3, -0.25) is 0 Å². The Morgan fingerprint density at radius 1 is 1.28 bits per heavy atom. The highest BCUT2D eigenvalue weighted by Crippen LogP contribution is 2.25. The molecule has 25 heavy (non-hydrogen) atoms. The van der Waals surface area contributed by atoms with E-state index in [1.807, 2.05) is 44.1 Å². The molecule has 0 unspecified atom stereocenters. The van der Waals surface area contributed by atoms with Gasteiger partial charge >= 0.3 is 0 Å². The molecule has 0 atom stereocenters. The van der Waals surface area contributed by atoms with Gasteiger partial charge in [0.2, 0.25) is 10.9 Å². The van der Waals surface area contributed by atoms with Gasteiger partial charge in [-0.25, -0.2) is 13.4 Å². The number of benzene rings is 1. The number of aromatic nitrogens is 4. The second kappa shape index (κ2) is 7.03. The minimum absolute atomic E-state index is 0.559. The summed E-state index contributed by atoms with van der Waals surface area (Å²) in [6, 6.07) is 7.51. The first kappa shape index (κ1) is 17.1. The quantitative estimate of drug-likeness (QED) is 0.435. The molecule has 2 N–H and O–H groups in total. The molecule has 0 aliphatic carbocycles. The van der Waals surface area contributed by atoms with Gasteiger partial charge in [0, 0.05) is 31.8 Å². The number of thiol groups is 1. The van der Waals surface area contributed by atoms with Crippen molar-refractivity contribution < 1.29 is 8.42 Å². The highest BCUT2D eigenvalue weighted by atomic mass is 32.2. The first-order valence-corrected chi connectivity index (χ1v) is 8.75. The van der Waals surface area contributed by atoms with E-state index in [1.54, 1.807) is 10.6 Å². The van der Waals surface area contributed by atoms with E-state index in [2.05, 4.69) is 25.3 Å². The molecule has 0 saturated carbocycles. The van der Waals surface area contributed by atoms with Crippen LogP contribution in [0, 0.1) is 6.92 Å². The molecule has 0 saturated heterocycles. The van der Waals surface area contributed by atoms with Crippen molar-refractivity contribution in [1.29, 1.82) is 0 Å². The Morgan fingerprint density at radius 2 is 2.08 bits per heavy atom. The van der Waals surface area contributed by atoms with Crippen LogP contribution in [-0.2, 0) is 17.3 Å². The third-order valence-corrected chi connectivity index (χ3v) is 4.02. The molecule has 9 nitrogen and oxygen atoms in total. The smallest absolute Gasteiger partial charge is 0.254 e. The SMILES string of the molecule is Cc1nc2ncnn2c(N(C)C)c1Cc1cccc(NN[SH](=O)=O)c1. The van der Waals surface area contributed by atoms with Crippen molar-refractivity contribution in [2.24, 2.45) is 0 Å². The van der Waals surface area contributed by atoms with Gasteiger partial charge in [-0.05, 0) is 24.6 Å². The molecule has 2 aromatic heterocycles. The van der Waals surface area contributed by atoms with Crippen molar-refractivity contribution in [3.63, 3.8) is 0 Å². The molecule has 132 valence electrons. The van der Waals surface area contributed by atoms with E-state index in [4.69, 9.17) is 0 Å². The lowest BCUT2D eigenvalue weighted by Gasteiger charge is -2.20. The molecule has 0 aliphatic heterocycles. The van der Waals surface area contributed by atoms with Crippen LogP contribution < -0.4 is 15.2 Å². The Hall–Kier alpha value is -2.72. The Bertz CT molecular complexity index is 973. The van der Waals surface area contributed by atoms with Gasteiger partial charge in [0.1, 0.15) is 12.1 Å². The number of nitrogens with zero attached hydrogens (tertiary/aromatic N) is 5. The third-order valence-electron chi connectivity index (χ3n) is 3.73. The Balaban J connectivity index is 1.99. The Morgan fingerprint density at radius 3 is 2.80 bits per heavy atom. The fourth-order valence-corrected chi connectivity index (χ4v) is 2.93. The molecule has 0 radical (unpaired) electrons. The molecule has 10 heteroatoms. The van der Waals surface area contributed by atoms with Crippen LogP contribution in [0.25, 0.3) is 5.78 Å². The summed E-state index contributed by atoms with van der Waals surface area (Å²) >= 11 is 0. The first-order valence-electron chi connectivity index (χ1n) is 7.57. The summed E-state index contributed by atoms with van der Waals surface area (Å²) in [6.45, 7) is 1.95. The molecular weight excluding hydrogens is 342 g/mol. The first-order chi connectivity index (χ1) is 12.0. The van der Waals surface area contributed by atoms with Crippen LogP contribution in [0.1, 0.15) is 16.8 Å². The van der Waals surface area contributed by atoms with Crippen LogP contribution in [0.2, 0.25) is 0 Å². The van der Waals surface area contributed by atoms with Gasteiger partial charge in [0.25, 0.3) is 5.78 Å². The Labute approximate surface area is 146 Å². The summed E-state index contributed by atoms with van der Waals surface area (Å²) in [7, 11) is 1.19. The number of fused-ring (bicyclic) bond motifs is 1. The number of nitrogens with one attached hydrogen (secondary N) is 2. The zero-order chi connectivity index (χ0) is 18.0. The van der Waals surface area contributed by atoms with Gasteiger partial charge < -0.3 is 10.3 Å². The highest BCUT2D eigenvalue weighted by Gasteiger charge is 2.16. The van der Waals surface area contributed by atoms with E-state index in [1.165, 1.54) is 6.33 Å². The lowest BCUT2D eigenvalue weighted by molar-refractivity contribution is 0.607. The van der Waals surface area contributed by atoms with Crippen LogP contribution in [0.4, 0.5) is 11.5 Å². The average Bonchev–Trinajstić information content (AvgIpc) is 3.01. The number of aryl methyl sites for hydroxylation is 1. The van der Waals surface area contributed by atoms with Crippen molar-refractivity contribution in [2.75, 3.05) is 24.4 Å². The number of hydrogen-bond donors (Lipinski definition) is 3. The number of hydrogen-bond acceptors (Lipinski definition) is 7. The highest BCUT2D eigenvalue weighted by molar-refractivity contribution is 7.70. The fraction of sp³-hybridized carbons (Fsp3) is 0.267. The summed E-state index contributed by atoms with van der Waals surface area (Å²) in [5, 5.41) is 4.26. The summed E-state index contributed by atoms with van der Waals surface area (Å²) in [4.78, 5) is 12.8. The molecule has 0 aliphatic rings. The lowest BCUT2D eigenvalue weighted by atomic mass is 10.0. The standard InChI is InChI=1S/C15H19N7O2S/c1-10-13(14(21(2)3)22-15(18-10)16-9-17-22)8-11-5-4-6-12(7-11)19-20-25(23)24/h4-7,9,19,25H,8H2,1-3H3,(H,20,23,24). The topological polar surface area (TPSA) is 105 Å². The van der Waals surface area contributed by atoms with E-state index in [-0.39, 0.29) is 0 Å². The van der Waals surface area contributed by atoms with Crippen molar-refractivity contribution in [3.05, 3.63) is 47.4 Å². The van der Waals surface area contributed by atoms with Crippen LogP contribution in [-0.4, -0.2) is 42.1 Å². The Kier molecular flexibility index (Phi) is 4.81. The molecule has 0 amide bonds. The van der Waals surface area contributed by atoms with Crippen LogP contribution in [0.3, 0.4) is 0 Å². The molecule has 3 aromatic rings. The van der Waals surface area contributed by atoms with Crippen LogP contribution in [0.15, 0.2) is 30.6 Å². The van der Waals surface area contributed by atoms with E-state index < -0.39 is 10.9 Å². The maximum Gasteiger partial charge on any atom is 0.254 e. The fourth-order valence-electron chi connectivity index (χ4n) is 2.71. The van der Waals surface area contributed by atoms with Gasteiger partial charge in [-0.15, -0.1) is 4.83 Å². The summed E-state index contributed by atoms with van der Waals surface area (Å²) in [6.07, 6.45) is 2.11. The maximum atomic E-state index is 10.6. The molecule has 0 fully saturated rings. The zero-order valence-electron chi connectivity index (χ0n) is 14.1. The molecule has 2 heterocycles. The predicted octanol–water partition coefficient (Wildman–Crippen LogP) is 0.532. The maximum absolute atomic E-state index is 10.6. The van der Waals surface area contributed by atoms with Crippen LogP contribution >= 0.6 is 0 Å². The van der Waals surface area contributed by atoms with E-state index in [0.717, 1.165) is 22.6 Å². The average molecular weight is 361 g/mol. The second-order valence-corrected chi connectivity index (χ2v) is 6.47. The largest absolute Gasteiger partial charge is 0.362 e. The van der Waals surface area contributed by atoms with Crippen LogP contribution in [0.5, 0.6) is 0 Å². The van der Waals surface area contributed by atoms with E-state index in [9.17, 15) is 8.42 Å². The summed E-state index contributed by atoms with van der Waals surface area (Å²) < 4.78 is 23.0. The van der Waals surface area contributed by atoms with E-state index >= 15 is 0 Å². The minimum atomic E-state index is -2.71. The van der Waals surface area contributed by atoms with Crippen molar-refractivity contribution in [2.45, 2.75) is 13.3 Å². The van der Waals surface area contributed by atoms with Gasteiger partial charge in [0.05, 0.1) is 5.69 Å².